The Balaban J connectivity index is 2.04. The van der Waals surface area contributed by atoms with Crippen LogP contribution in [0.4, 0.5) is 0 Å². The first-order valence-electron chi connectivity index (χ1n) is 7.15. The molecule has 0 aromatic carbocycles. The Morgan fingerprint density at radius 2 is 1.94 bits per heavy atom. The summed E-state index contributed by atoms with van der Waals surface area (Å²) < 4.78 is 0. The van der Waals surface area contributed by atoms with Crippen molar-refractivity contribution in [1.82, 2.24) is 10.2 Å². The van der Waals surface area contributed by atoms with E-state index < -0.39 is 0 Å². The predicted octanol–water partition coefficient (Wildman–Crippen LogP) is 2.37. The van der Waals surface area contributed by atoms with E-state index in [9.17, 15) is 4.79 Å². The minimum Gasteiger partial charge on any atom is -0.325 e. The van der Waals surface area contributed by atoms with Gasteiger partial charge in [-0.25, -0.2) is 0 Å². The molecule has 1 heterocycles. The van der Waals surface area contributed by atoms with Gasteiger partial charge in [0.2, 0.25) is 5.91 Å². The topological polar surface area (TPSA) is 32.3 Å². The molecule has 1 N–H and O–H groups in total. The van der Waals surface area contributed by atoms with Gasteiger partial charge in [0.05, 0.1) is 12.7 Å². The second-order valence-electron chi connectivity index (χ2n) is 6.07. The molecule has 0 radical (unpaired) electrons. The lowest BCUT2D eigenvalue weighted by Gasteiger charge is -2.31. The van der Waals surface area contributed by atoms with Crippen LogP contribution in [0, 0.1) is 11.8 Å². The first-order valence-corrected chi connectivity index (χ1v) is 7.15. The summed E-state index contributed by atoms with van der Waals surface area (Å²) in [5.74, 6) is 1.39. The van der Waals surface area contributed by atoms with Gasteiger partial charge in [0.15, 0.2) is 0 Å². The first kappa shape index (κ1) is 12.9. The number of nitrogens with zero attached hydrogens (tertiary/aromatic N) is 1. The number of carbonyl (C=O) groups excluding carboxylic acids is 1. The average Bonchev–Trinajstić information content (AvgIpc) is 2.52. The van der Waals surface area contributed by atoms with Gasteiger partial charge >= 0.3 is 0 Å². The molecule has 17 heavy (non-hydrogen) atoms. The molecule has 1 aliphatic carbocycles. The highest BCUT2D eigenvalue weighted by atomic mass is 16.2. The monoisotopic (exact) mass is 238 g/mol. The maximum atomic E-state index is 12.4. The van der Waals surface area contributed by atoms with E-state index in [0.717, 1.165) is 6.67 Å². The zero-order valence-corrected chi connectivity index (χ0v) is 11.4. The van der Waals surface area contributed by atoms with Gasteiger partial charge in [-0.05, 0) is 24.7 Å². The second kappa shape index (κ2) is 5.38. The van der Waals surface area contributed by atoms with Gasteiger partial charge in [0.25, 0.3) is 0 Å². The molecular weight excluding hydrogens is 212 g/mol. The van der Waals surface area contributed by atoms with Crippen molar-refractivity contribution in [3.63, 3.8) is 0 Å². The van der Waals surface area contributed by atoms with Crippen LogP contribution in [0.15, 0.2) is 0 Å². The van der Waals surface area contributed by atoms with Crippen LogP contribution >= 0.6 is 0 Å². The number of rotatable bonds is 2. The minimum absolute atomic E-state index is 0.0467. The van der Waals surface area contributed by atoms with Crippen LogP contribution in [0.2, 0.25) is 0 Å². The van der Waals surface area contributed by atoms with Crippen molar-refractivity contribution in [2.75, 3.05) is 6.67 Å². The predicted molar refractivity (Wildman–Crippen MR) is 69.5 cm³/mol. The molecule has 2 rings (SSSR count). The van der Waals surface area contributed by atoms with Gasteiger partial charge in [0.1, 0.15) is 0 Å². The van der Waals surface area contributed by atoms with Crippen LogP contribution in [0.25, 0.3) is 0 Å². The Labute approximate surface area is 105 Å². The highest BCUT2D eigenvalue weighted by Crippen LogP contribution is 2.29. The Hall–Kier alpha value is -0.570. The van der Waals surface area contributed by atoms with E-state index in [-0.39, 0.29) is 6.04 Å². The summed E-state index contributed by atoms with van der Waals surface area (Å²) in [6, 6.07) is 0.520. The van der Waals surface area contributed by atoms with E-state index in [4.69, 9.17) is 0 Å². The van der Waals surface area contributed by atoms with Crippen molar-refractivity contribution >= 4 is 5.91 Å². The Morgan fingerprint density at radius 1 is 1.24 bits per heavy atom. The highest BCUT2D eigenvalue weighted by molar-refractivity contribution is 5.84. The molecule has 0 spiro atoms. The number of amides is 1. The summed E-state index contributed by atoms with van der Waals surface area (Å²) in [5, 5.41) is 3.37. The molecule has 1 saturated carbocycles. The van der Waals surface area contributed by atoms with Gasteiger partial charge in [0, 0.05) is 6.04 Å². The van der Waals surface area contributed by atoms with Crippen LogP contribution < -0.4 is 5.32 Å². The summed E-state index contributed by atoms with van der Waals surface area (Å²) in [6.45, 7) is 7.31. The molecule has 3 atom stereocenters. The Morgan fingerprint density at radius 3 is 2.59 bits per heavy atom. The van der Waals surface area contributed by atoms with Crippen LogP contribution in [0.5, 0.6) is 0 Å². The number of carbonyl (C=O) groups is 1. The molecular formula is C14H26N2O. The Bertz CT molecular complexity index is 277. The zero-order valence-electron chi connectivity index (χ0n) is 11.4. The van der Waals surface area contributed by atoms with Crippen molar-refractivity contribution < 1.29 is 4.79 Å². The van der Waals surface area contributed by atoms with Gasteiger partial charge < -0.3 is 4.90 Å². The number of hydrogen-bond acceptors (Lipinski definition) is 2. The number of nitrogens with one attached hydrogen (secondary N) is 1. The standard InChI is InChI=1S/C14H26N2O/c1-10(2)13-14(17)16(9-15-13)12-8-6-4-5-7-11(12)3/h10-13,15H,4-9H2,1-3H3. The maximum absolute atomic E-state index is 12.4. The fourth-order valence-corrected chi connectivity index (χ4v) is 3.28. The third-order valence-electron chi connectivity index (χ3n) is 4.41. The maximum Gasteiger partial charge on any atom is 0.241 e. The lowest BCUT2D eigenvalue weighted by Crippen LogP contribution is -2.42. The molecule has 3 nitrogen and oxygen atoms in total. The molecule has 2 aliphatic rings. The zero-order chi connectivity index (χ0) is 12.4. The average molecular weight is 238 g/mol. The van der Waals surface area contributed by atoms with Gasteiger partial charge in [-0.15, -0.1) is 0 Å². The van der Waals surface area contributed by atoms with Crippen LogP contribution in [0.3, 0.4) is 0 Å². The van der Waals surface area contributed by atoms with E-state index >= 15 is 0 Å². The molecule has 0 bridgehead atoms. The van der Waals surface area contributed by atoms with Crippen molar-refractivity contribution in [1.29, 1.82) is 0 Å². The molecule has 0 aromatic heterocycles. The van der Waals surface area contributed by atoms with E-state index in [1.165, 1.54) is 32.1 Å². The summed E-state index contributed by atoms with van der Waals surface area (Å²) in [4.78, 5) is 14.5. The normalized spacial score (nSPS) is 35.4. The van der Waals surface area contributed by atoms with Crippen LogP contribution in [-0.2, 0) is 4.79 Å². The molecule has 3 unspecified atom stereocenters. The van der Waals surface area contributed by atoms with Gasteiger partial charge in [-0.1, -0.05) is 40.0 Å². The molecule has 98 valence electrons. The summed E-state index contributed by atoms with van der Waals surface area (Å²) in [5.41, 5.74) is 0. The van der Waals surface area contributed by atoms with Crippen molar-refractivity contribution in [3.8, 4) is 0 Å². The quantitative estimate of drug-likeness (QED) is 0.749. The number of hydrogen-bond donors (Lipinski definition) is 1. The minimum atomic E-state index is 0.0467. The fourth-order valence-electron chi connectivity index (χ4n) is 3.28. The first-order chi connectivity index (χ1) is 8.11. The lowest BCUT2D eigenvalue weighted by molar-refractivity contribution is -0.132. The van der Waals surface area contributed by atoms with E-state index in [2.05, 4.69) is 31.0 Å². The largest absolute Gasteiger partial charge is 0.325 e. The lowest BCUT2D eigenvalue weighted by atomic mass is 9.95. The van der Waals surface area contributed by atoms with E-state index in [1.54, 1.807) is 0 Å². The van der Waals surface area contributed by atoms with Crippen LogP contribution in [0.1, 0.15) is 52.9 Å². The van der Waals surface area contributed by atoms with Gasteiger partial charge in [-0.2, -0.15) is 0 Å². The third-order valence-corrected chi connectivity index (χ3v) is 4.41. The van der Waals surface area contributed by atoms with E-state index in [0.29, 0.717) is 23.8 Å². The fraction of sp³-hybridized carbons (Fsp3) is 0.929. The molecule has 1 aliphatic heterocycles. The molecule has 3 heteroatoms. The van der Waals surface area contributed by atoms with Crippen molar-refractivity contribution in [2.24, 2.45) is 11.8 Å². The molecule has 1 amide bonds. The van der Waals surface area contributed by atoms with E-state index in [1.807, 2.05) is 0 Å². The van der Waals surface area contributed by atoms with Crippen LogP contribution in [-0.4, -0.2) is 29.6 Å². The molecule has 1 saturated heterocycles. The van der Waals surface area contributed by atoms with Gasteiger partial charge in [-0.3, -0.25) is 10.1 Å². The van der Waals surface area contributed by atoms with Crippen molar-refractivity contribution in [2.45, 2.75) is 65.0 Å². The van der Waals surface area contributed by atoms with Crippen molar-refractivity contribution in [3.05, 3.63) is 0 Å². The summed E-state index contributed by atoms with van der Waals surface area (Å²) in [6.07, 6.45) is 6.43. The highest BCUT2D eigenvalue weighted by Gasteiger charge is 2.38. The molecule has 0 aromatic rings. The second-order valence-corrected chi connectivity index (χ2v) is 6.07. The smallest absolute Gasteiger partial charge is 0.241 e. The SMILES string of the molecule is CC(C)C1NCN(C2CCCCCC2C)C1=O. The Kier molecular flexibility index (Phi) is 4.08. The molecule has 2 fully saturated rings. The third kappa shape index (κ3) is 2.65. The summed E-state index contributed by atoms with van der Waals surface area (Å²) >= 11 is 0. The summed E-state index contributed by atoms with van der Waals surface area (Å²) in [7, 11) is 0.